The van der Waals surface area contributed by atoms with Crippen LogP contribution in [0, 0.1) is 13.8 Å². The van der Waals surface area contributed by atoms with Crippen molar-refractivity contribution in [2.75, 3.05) is 5.75 Å². The van der Waals surface area contributed by atoms with Crippen molar-refractivity contribution < 1.29 is 14.7 Å². The van der Waals surface area contributed by atoms with Gasteiger partial charge in [0.05, 0.1) is 11.1 Å². The number of rotatable bonds is 3. The number of hydrogen-bond donors (Lipinski definition) is 2. The Morgan fingerprint density at radius 1 is 1.48 bits per heavy atom. The fraction of sp³-hybridized carbons (Fsp3) is 0.615. The molecule has 0 radical (unpaired) electrons. The molecule has 21 heavy (non-hydrogen) atoms. The third-order valence-electron chi connectivity index (χ3n) is 3.82. The number of nitrogens with zero attached hydrogens (tertiary/aromatic N) is 3. The average Bonchev–Trinajstić information content (AvgIpc) is 2.90. The molecule has 1 aromatic heterocycles. The highest BCUT2D eigenvalue weighted by Crippen LogP contribution is 2.28. The zero-order valence-corrected chi connectivity index (χ0v) is 13.4. The van der Waals surface area contributed by atoms with Gasteiger partial charge in [-0.1, -0.05) is 0 Å². The van der Waals surface area contributed by atoms with Crippen LogP contribution in [0.15, 0.2) is 0 Å². The third kappa shape index (κ3) is 2.99. The van der Waals surface area contributed by atoms with Crippen molar-refractivity contribution in [3.63, 3.8) is 0 Å². The van der Waals surface area contributed by atoms with E-state index >= 15 is 0 Å². The van der Waals surface area contributed by atoms with Crippen molar-refractivity contribution in [2.24, 2.45) is 7.05 Å². The summed E-state index contributed by atoms with van der Waals surface area (Å²) >= 11 is 1.47. The highest BCUT2D eigenvalue weighted by atomic mass is 32.2. The Labute approximate surface area is 127 Å². The quantitative estimate of drug-likeness (QED) is 0.872. The third-order valence-corrected chi connectivity index (χ3v) is 5.04. The van der Waals surface area contributed by atoms with Gasteiger partial charge in [-0.25, -0.2) is 9.59 Å². The number of thioether (sulfide) groups is 1. The van der Waals surface area contributed by atoms with Crippen LogP contribution < -0.4 is 5.32 Å². The summed E-state index contributed by atoms with van der Waals surface area (Å²) in [4.78, 5) is 24.9. The maximum absolute atomic E-state index is 12.3. The van der Waals surface area contributed by atoms with E-state index < -0.39 is 12.0 Å². The second kappa shape index (κ2) is 5.97. The van der Waals surface area contributed by atoms with Gasteiger partial charge in [-0.2, -0.15) is 5.10 Å². The predicted octanol–water partition coefficient (Wildman–Crippen LogP) is 1.09. The Morgan fingerprint density at radius 2 is 2.14 bits per heavy atom. The molecule has 2 N–H and O–H groups in total. The van der Waals surface area contributed by atoms with Crippen molar-refractivity contribution in [3.05, 3.63) is 17.0 Å². The lowest BCUT2D eigenvalue weighted by molar-refractivity contribution is -0.141. The summed E-state index contributed by atoms with van der Waals surface area (Å²) in [5.74, 6) is -0.537. The number of carbonyl (C=O) groups is 2. The van der Waals surface area contributed by atoms with Crippen LogP contribution in [0.1, 0.15) is 23.9 Å². The van der Waals surface area contributed by atoms with Crippen LogP contribution in [-0.4, -0.2) is 49.0 Å². The molecule has 116 valence electrons. The molecule has 0 bridgehead atoms. The number of hydrogen-bond acceptors (Lipinski definition) is 4. The van der Waals surface area contributed by atoms with Crippen molar-refractivity contribution in [2.45, 2.75) is 38.7 Å². The minimum atomic E-state index is -0.962. The first kappa shape index (κ1) is 15.7. The van der Waals surface area contributed by atoms with Crippen molar-refractivity contribution in [3.8, 4) is 0 Å². The Kier molecular flexibility index (Phi) is 4.46. The molecular weight excluding hydrogens is 292 g/mol. The molecule has 1 saturated heterocycles. The van der Waals surface area contributed by atoms with Gasteiger partial charge in [0.25, 0.3) is 0 Å². The SMILES string of the molecule is Cc1nn(C)c(C)c1CNC(=O)N1C(C)SCC1C(=O)O. The van der Waals surface area contributed by atoms with Crippen molar-refractivity contribution in [1.29, 1.82) is 0 Å². The average molecular weight is 312 g/mol. The molecule has 1 aliphatic rings. The van der Waals surface area contributed by atoms with E-state index in [4.69, 9.17) is 0 Å². The molecule has 1 aliphatic heterocycles. The van der Waals surface area contributed by atoms with Gasteiger partial charge in [0, 0.05) is 30.6 Å². The molecule has 7 nitrogen and oxygen atoms in total. The van der Waals surface area contributed by atoms with Gasteiger partial charge < -0.3 is 10.4 Å². The first-order chi connectivity index (χ1) is 9.82. The Bertz CT molecular complexity index is 572. The molecule has 0 aromatic carbocycles. The van der Waals surface area contributed by atoms with Gasteiger partial charge in [-0.15, -0.1) is 11.8 Å². The lowest BCUT2D eigenvalue weighted by Gasteiger charge is -2.25. The number of aryl methyl sites for hydroxylation is 2. The first-order valence-electron chi connectivity index (χ1n) is 6.72. The highest BCUT2D eigenvalue weighted by Gasteiger charge is 2.39. The summed E-state index contributed by atoms with van der Waals surface area (Å²) in [6.07, 6.45) is 0. The molecule has 2 atom stereocenters. The smallest absolute Gasteiger partial charge is 0.327 e. The first-order valence-corrected chi connectivity index (χ1v) is 7.77. The molecule has 1 aromatic rings. The number of carboxylic acid groups (broad SMARTS) is 1. The molecule has 8 heteroatoms. The number of aliphatic carboxylic acids is 1. The Morgan fingerprint density at radius 3 is 2.67 bits per heavy atom. The van der Waals surface area contributed by atoms with E-state index in [1.807, 2.05) is 27.8 Å². The Hall–Kier alpha value is -1.70. The number of carboxylic acids is 1. The number of amides is 2. The molecule has 0 saturated carbocycles. The van der Waals surface area contributed by atoms with E-state index in [1.165, 1.54) is 16.7 Å². The largest absolute Gasteiger partial charge is 0.480 e. The minimum Gasteiger partial charge on any atom is -0.480 e. The molecule has 0 aliphatic carbocycles. The molecular formula is C13H20N4O3S. The van der Waals surface area contributed by atoms with E-state index in [-0.39, 0.29) is 11.4 Å². The van der Waals surface area contributed by atoms with E-state index in [2.05, 4.69) is 10.4 Å². The van der Waals surface area contributed by atoms with Gasteiger partial charge in [0.1, 0.15) is 6.04 Å². The fourth-order valence-corrected chi connectivity index (χ4v) is 3.64. The van der Waals surface area contributed by atoms with Crippen LogP contribution in [0.2, 0.25) is 0 Å². The second-order valence-electron chi connectivity index (χ2n) is 5.13. The maximum atomic E-state index is 12.3. The Balaban J connectivity index is 2.06. The van der Waals surface area contributed by atoms with Crippen molar-refractivity contribution >= 4 is 23.8 Å². The molecule has 2 amide bonds. The topological polar surface area (TPSA) is 87.5 Å². The van der Waals surface area contributed by atoms with Gasteiger partial charge in [-0.05, 0) is 20.8 Å². The normalized spacial score (nSPS) is 21.6. The zero-order valence-electron chi connectivity index (χ0n) is 12.6. The molecule has 0 spiro atoms. The fourth-order valence-electron chi connectivity index (χ4n) is 2.47. The summed E-state index contributed by atoms with van der Waals surface area (Å²) in [6, 6.07) is -1.11. The number of carbonyl (C=O) groups excluding carboxylic acids is 1. The lowest BCUT2D eigenvalue weighted by atomic mass is 10.2. The molecule has 2 heterocycles. The summed E-state index contributed by atoms with van der Waals surface area (Å²) in [6.45, 7) is 6.02. The standard InChI is InChI=1S/C13H20N4O3S/c1-7-10(8(2)16(4)15-7)5-14-13(20)17-9(3)21-6-11(17)12(18)19/h9,11H,5-6H2,1-4H3,(H,14,20)(H,18,19). The second-order valence-corrected chi connectivity index (χ2v) is 6.47. The predicted molar refractivity (Wildman–Crippen MR) is 80.1 cm³/mol. The van der Waals surface area contributed by atoms with Gasteiger partial charge in [-0.3, -0.25) is 9.58 Å². The number of urea groups is 1. The van der Waals surface area contributed by atoms with E-state index in [0.717, 1.165) is 17.0 Å². The van der Waals surface area contributed by atoms with Crippen molar-refractivity contribution in [1.82, 2.24) is 20.0 Å². The van der Waals surface area contributed by atoms with Crippen LogP contribution in [0.3, 0.4) is 0 Å². The highest BCUT2D eigenvalue weighted by molar-refractivity contribution is 8.00. The van der Waals surface area contributed by atoms with Gasteiger partial charge in [0.2, 0.25) is 0 Å². The summed E-state index contributed by atoms with van der Waals surface area (Å²) in [7, 11) is 1.85. The van der Waals surface area contributed by atoms with Crippen LogP contribution in [-0.2, 0) is 18.4 Å². The van der Waals surface area contributed by atoms with Gasteiger partial charge in [0.15, 0.2) is 0 Å². The zero-order chi connectivity index (χ0) is 15.7. The lowest BCUT2D eigenvalue weighted by Crippen LogP contribution is -2.49. The van der Waals surface area contributed by atoms with Crippen LogP contribution in [0.25, 0.3) is 0 Å². The van der Waals surface area contributed by atoms with E-state index in [9.17, 15) is 14.7 Å². The van der Waals surface area contributed by atoms with E-state index in [0.29, 0.717) is 12.3 Å². The number of aromatic nitrogens is 2. The molecule has 2 rings (SSSR count). The summed E-state index contributed by atoms with van der Waals surface area (Å²) in [5, 5.41) is 16.1. The monoisotopic (exact) mass is 312 g/mol. The minimum absolute atomic E-state index is 0.137. The number of nitrogens with one attached hydrogen (secondary N) is 1. The maximum Gasteiger partial charge on any atom is 0.327 e. The summed E-state index contributed by atoms with van der Waals surface area (Å²) < 4.78 is 1.77. The van der Waals surface area contributed by atoms with Crippen LogP contribution in [0.5, 0.6) is 0 Å². The summed E-state index contributed by atoms with van der Waals surface area (Å²) in [5.41, 5.74) is 2.83. The van der Waals surface area contributed by atoms with Gasteiger partial charge >= 0.3 is 12.0 Å². The van der Waals surface area contributed by atoms with Crippen LogP contribution >= 0.6 is 11.8 Å². The molecule has 2 unspecified atom stereocenters. The van der Waals surface area contributed by atoms with Crippen LogP contribution in [0.4, 0.5) is 4.79 Å². The molecule has 1 fully saturated rings. The van der Waals surface area contributed by atoms with E-state index in [1.54, 1.807) is 4.68 Å².